The summed E-state index contributed by atoms with van der Waals surface area (Å²) in [4.78, 5) is 17.6. The molecule has 0 spiro atoms. The second kappa shape index (κ2) is 3.38. The molecule has 0 unspecified atom stereocenters. The lowest BCUT2D eigenvalue weighted by Crippen LogP contribution is -2.10. The van der Waals surface area contributed by atoms with Gasteiger partial charge in [0.2, 0.25) is 5.95 Å². The van der Waals surface area contributed by atoms with E-state index in [2.05, 4.69) is 31.2 Å². The third-order valence-electron chi connectivity index (χ3n) is 1.02. The van der Waals surface area contributed by atoms with Gasteiger partial charge < -0.3 is 0 Å². The molecule has 0 saturated heterocycles. The van der Waals surface area contributed by atoms with Crippen LogP contribution in [0.1, 0.15) is 0 Å². The highest BCUT2D eigenvalue weighted by atomic mass is 79.9. The summed E-state index contributed by atoms with van der Waals surface area (Å²) >= 11 is 3.16. The smallest absolute Gasteiger partial charge is 0.219 e. The fraction of sp³-hybridized carbons (Fsp3) is 0.200. The number of hydrogen-bond donors (Lipinski definition) is 0. The first kappa shape index (κ1) is 8.06. The highest BCUT2D eigenvalue weighted by molar-refractivity contribution is 9.10. The van der Waals surface area contributed by atoms with Gasteiger partial charge in [-0.2, -0.15) is 5.01 Å². The van der Waals surface area contributed by atoms with Crippen molar-refractivity contribution in [2.24, 2.45) is 5.29 Å². The van der Waals surface area contributed by atoms with Crippen LogP contribution in [0.25, 0.3) is 0 Å². The standard InChI is InChI=1S/C5H5BrN4O/c1-10(9-11)5-7-2-4(6)3-8-5/h2-3H,1H3. The number of nitrogens with zero attached hydrogens (tertiary/aromatic N) is 4. The summed E-state index contributed by atoms with van der Waals surface area (Å²) in [6.45, 7) is 0. The summed E-state index contributed by atoms with van der Waals surface area (Å²) < 4.78 is 0.764. The molecule has 0 saturated carbocycles. The predicted octanol–water partition coefficient (Wildman–Crippen LogP) is 1.36. The molecular weight excluding hydrogens is 212 g/mol. The molecule has 58 valence electrons. The molecule has 11 heavy (non-hydrogen) atoms. The molecule has 5 nitrogen and oxygen atoms in total. The summed E-state index contributed by atoms with van der Waals surface area (Å²) in [7, 11) is 1.48. The van der Waals surface area contributed by atoms with Crippen LogP contribution in [-0.4, -0.2) is 17.0 Å². The molecule has 0 aliphatic rings. The Morgan fingerprint density at radius 1 is 1.55 bits per heavy atom. The van der Waals surface area contributed by atoms with Gasteiger partial charge in [-0.15, -0.1) is 4.91 Å². The highest BCUT2D eigenvalue weighted by Gasteiger charge is 2.01. The van der Waals surface area contributed by atoms with Gasteiger partial charge in [-0.25, -0.2) is 9.97 Å². The quantitative estimate of drug-likeness (QED) is 0.554. The van der Waals surface area contributed by atoms with E-state index in [0.29, 0.717) is 0 Å². The van der Waals surface area contributed by atoms with E-state index >= 15 is 0 Å². The molecule has 1 heterocycles. The van der Waals surface area contributed by atoms with Crippen LogP contribution in [-0.2, 0) is 0 Å². The van der Waals surface area contributed by atoms with Gasteiger partial charge in [-0.05, 0) is 15.9 Å². The van der Waals surface area contributed by atoms with E-state index in [0.717, 1.165) is 9.48 Å². The fourth-order valence-electron chi connectivity index (χ4n) is 0.509. The number of nitroso groups, excluding NO2 is 1. The zero-order valence-electron chi connectivity index (χ0n) is 5.73. The number of rotatable bonds is 2. The highest BCUT2D eigenvalue weighted by Crippen LogP contribution is 2.09. The summed E-state index contributed by atoms with van der Waals surface area (Å²) in [5, 5.41) is 3.68. The maximum absolute atomic E-state index is 9.97. The molecular formula is C5H5BrN4O. The number of hydrogen-bond acceptors (Lipinski definition) is 4. The van der Waals surface area contributed by atoms with E-state index in [1.165, 1.54) is 7.05 Å². The van der Waals surface area contributed by atoms with Crippen LogP contribution in [0.4, 0.5) is 5.95 Å². The van der Waals surface area contributed by atoms with Gasteiger partial charge in [0.1, 0.15) is 0 Å². The maximum atomic E-state index is 9.97. The average Bonchev–Trinajstić information content (AvgIpc) is 2.05. The van der Waals surface area contributed by atoms with E-state index in [-0.39, 0.29) is 5.95 Å². The van der Waals surface area contributed by atoms with Gasteiger partial charge >= 0.3 is 0 Å². The van der Waals surface area contributed by atoms with Crippen molar-refractivity contribution in [1.82, 2.24) is 9.97 Å². The summed E-state index contributed by atoms with van der Waals surface area (Å²) in [6, 6.07) is 0. The van der Waals surface area contributed by atoms with Gasteiger partial charge in [0, 0.05) is 19.4 Å². The third kappa shape index (κ3) is 1.94. The lowest BCUT2D eigenvalue weighted by molar-refractivity contribution is 0.919. The van der Waals surface area contributed by atoms with Crippen LogP contribution >= 0.6 is 15.9 Å². The molecule has 0 bridgehead atoms. The Kier molecular flexibility index (Phi) is 2.48. The molecule has 0 aliphatic carbocycles. The van der Waals surface area contributed by atoms with Gasteiger partial charge in [0.15, 0.2) is 0 Å². The minimum Gasteiger partial charge on any atom is -0.219 e. The van der Waals surface area contributed by atoms with Crippen molar-refractivity contribution in [1.29, 1.82) is 0 Å². The minimum atomic E-state index is 0.281. The molecule has 1 rings (SSSR count). The van der Waals surface area contributed by atoms with Crippen LogP contribution < -0.4 is 5.01 Å². The van der Waals surface area contributed by atoms with E-state index in [4.69, 9.17) is 0 Å². The van der Waals surface area contributed by atoms with E-state index in [1.807, 2.05) is 0 Å². The van der Waals surface area contributed by atoms with Crippen LogP contribution in [0, 0.1) is 4.91 Å². The average molecular weight is 217 g/mol. The second-order valence-electron chi connectivity index (χ2n) is 1.81. The first-order valence-corrected chi connectivity index (χ1v) is 3.58. The van der Waals surface area contributed by atoms with E-state index in [9.17, 15) is 4.91 Å². The molecule has 0 aliphatic heterocycles. The van der Waals surface area contributed by atoms with E-state index in [1.54, 1.807) is 12.4 Å². The van der Waals surface area contributed by atoms with Gasteiger partial charge in [-0.1, -0.05) is 0 Å². The maximum Gasteiger partial charge on any atom is 0.248 e. The molecule has 1 aromatic heterocycles. The Bertz CT molecular complexity index is 249. The minimum absolute atomic E-state index is 0.281. The molecule has 6 heteroatoms. The van der Waals surface area contributed by atoms with Crippen molar-refractivity contribution in [2.45, 2.75) is 0 Å². The summed E-state index contributed by atoms with van der Waals surface area (Å²) in [5.74, 6) is 0.281. The normalized spacial score (nSPS) is 9.27. The molecule has 0 aromatic carbocycles. The Balaban J connectivity index is 2.89. The Labute approximate surface area is 71.5 Å². The van der Waals surface area contributed by atoms with Crippen molar-refractivity contribution in [3.05, 3.63) is 21.8 Å². The third-order valence-corrected chi connectivity index (χ3v) is 1.43. The Morgan fingerprint density at radius 3 is 2.55 bits per heavy atom. The van der Waals surface area contributed by atoms with Crippen molar-refractivity contribution in [3.8, 4) is 0 Å². The van der Waals surface area contributed by atoms with Crippen molar-refractivity contribution < 1.29 is 0 Å². The monoisotopic (exact) mass is 216 g/mol. The number of halogens is 1. The molecule has 0 atom stereocenters. The zero-order valence-corrected chi connectivity index (χ0v) is 7.32. The first-order valence-electron chi connectivity index (χ1n) is 2.78. The van der Waals surface area contributed by atoms with Crippen molar-refractivity contribution in [3.63, 3.8) is 0 Å². The predicted molar refractivity (Wildman–Crippen MR) is 43.9 cm³/mol. The summed E-state index contributed by atoms with van der Waals surface area (Å²) in [6.07, 6.45) is 3.09. The topological polar surface area (TPSA) is 58.5 Å². The summed E-state index contributed by atoms with van der Waals surface area (Å²) in [5.41, 5.74) is 0. The SMILES string of the molecule is CN(N=O)c1ncc(Br)cn1. The zero-order chi connectivity index (χ0) is 8.27. The van der Waals surface area contributed by atoms with Gasteiger partial charge in [0.25, 0.3) is 0 Å². The number of aromatic nitrogens is 2. The Hall–Kier alpha value is -1.04. The lowest BCUT2D eigenvalue weighted by Gasteiger charge is -2.03. The fourth-order valence-corrected chi connectivity index (χ4v) is 0.714. The molecule has 0 fully saturated rings. The van der Waals surface area contributed by atoms with Crippen LogP contribution in [0.2, 0.25) is 0 Å². The Morgan fingerprint density at radius 2 is 2.09 bits per heavy atom. The van der Waals surface area contributed by atoms with Crippen LogP contribution in [0.5, 0.6) is 0 Å². The molecule has 0 radical (unpaired) electrons. The molecule has 0 amide bonds. The van der Waals surface area contributed by atoms with Gasteiger partial charge in [-0.3, -0.25) is 0 Å². The largest absolute Gasteiger partial charge is 0.248 e. The second-order valence-corrected chi connectivity index (χ2v) is 2.72. The van der Waals surface area contributed by atoms with Crippen molar-refractivity contribution >= 4 is 21.9 Å². The van der Waals surface area contributed by atoms with Gasteiger partial charge in [0.05, 0.1) is 9.76 Å². The first-order chi connectivity index (χ1) is 5.24. The molecule has 0 N–H and O–H groups in total. The molecule has 1 aromatic rings. The van der Waals surface area contributed by atoms with Crippen molar-refractivity contribution in [2.75, 3.05) is 12.1 Å². The van der Waals surface area contributed by atoms with Crippen LogP contribution in [0.3, 0.4) is 0 Å². The van der Waals surface area contributed by atoms with E-state index < -0.39 is 0 Å². The lowest BCUT2D eigenvalue weighted by atomic mass is 10.7. The number of anilines is 1. The van der Waals surface area contributed by atoms with Crippen LogP contribution in [0.15, 0.2) is 22.2 Å².